The van der Waals surface area contributed by atoms with Crippen molar-refractivity contribution in [3.05, 3.63) is 64.7 Å². The molecule has 126 valence electrons. The van der Waals surface area contributed by atoms with Crippen LogP contribution in [0.25, 0.3) is 0 Å². The van der Waals surface area contributed by atoms with Gasteiger partial charge in [-0.2, -0.15) is 0 Å². The molecule has 0 spiro atoms. The number of fused-ring (bicyclic) bond motifs is 2. The lowest BCUT2D eigenvalue weighted by Crippen LogP contribution is -2.39. The number of hydrogen-bond donors (Lipinski definition) is 1. The average molecular weight is 327 g/mol. The molecule has 1 aliphatic rings. The van der Waals surface area contributed by atoms with Crippen molar-refractivity contribution in [1.82, 2.24) is 4.90 Å². The Balaban J connectivity index is 2.27. The van der Waals surface area contributed by atoms with Crippen molar-refractivity contribution >= 4 is 5.97 Å². The first-order valence-corrected chi connectivity index (χ1v) is 7.77. The van der Waals surface area contributed by atoms with Gasteiger partial charge in [0.25, 0.3) is 0 Å². The number of carbonyl (C=O) groups excluding carboxylic acids is 1. The maximum atomic E-state index is 12.1. The number of hydrogen-bond acceptors (Lipinski definition) is 5. The lowest BCUT2D eigenvalue weighted by atomic mass is 9.82. The van der Waals surface area contributed by atoms with Gasteiger partial charge in [0.2, 0.25) is 0 Å². The molecule has 0 bridgehead atoms. The lowest BCUT2D eigenvalue weighted by Gasteiger charge is -2.32. The molecule has 3 rings (SSSR count). The number of benzene rings is 2. The second-order valence-corrected chi connectivity index (χ2v) is 6.21. The second-order valence-electron chi connectivity index (χ2n) is 6.21. The van der Waals surface area contributed by atoms with Crippen LogP contribution in [0.2, 0.25) is 0 Å². The van der Waals surface area contributed by atoms with Gasteiger partial charge in [0, 0.05) is 17.7 Å². The van der Waals surface area contributed by atoms with Crippen molar-refractivity contribution in [3.63, 3.8) is 0 Å². The Labute approximate surface area is 141 Å². The van der Waals surface area contributed by atoms with Crippen molar-refractivity contribution in [2.45, 2.75) is 12.2 Å². The van der Waals surface area contributed by atoms with Crippen molar-refractivity contribution in [2.24, 2.45) is 0 Å². The van der Waals surface area contributed by atoms with Gasteiger partial charge in [-0.3, -0.25) is 0 Å². The molecule has 1 aliphatic heterocycles. The first kappa shape index (κ1) is 16.5. The van der Waals surface area contributed by atoms with E-state index in [2.05, 4.69) is 0 Å². The number of esters is 1. The molecule has 0 aromatic heterocycles. The van der Waals surface area contributed by atoms with Crippen LogP contribution in [0.3, 0.4) is 0 Å². The summed E-state index contributed by atoms with van der Waals surface area (Å²) in [4.78, 5) is 14.0. The molecule has 0 aliphatic carbocycles. The predicted molar refractivity (Wildman–Crippen MR) is 90.1 cm³/mol. The molecular formula is C19H21NO4. The van der Waals surface area contributed by atoms with Crippen LogP contribution in [0.4, 0.5) is 0 Å². The number of rotatable bonds is 3. The first-order valence-electron chi connectivity index (χ1n) is 7.77. The van der Waals surface area contributed by atoms with Gasteiger partial charge in [-0.15, -0.1) is 0 Å². The van der Waals surface area contributed by atoms with Crippen LogP contribution < -0.4 is 4.74 Å². The van der Waals surface area contributed by atoms with Crippen molar-refractivity contribution in [3.8, 4) is 5.75 Å². The number of carbonyl (C=O) groups is 1. The fourth-order valence-corrected chi connectivity index (χ4v) is 3.29. The summed E-state index contributed by atoms with van der Waals surface area (Å²) in [5, 5.41) is 11.6. The summed E-state index contributed by atoms with van der Waals surface area (Å²) in [6.07, 6.45) is 0. The van der Waals surface area contributed by atoms with E-state index in [9.17, 15) is 9.90 Å². The molecular weight excluding hydrogens is 306 g/mol. The van der Waals surface area contributed by atoms with Crippen LogP contribution in [-0.2, 0) is 16.9 Å². The van der Waals surface area contributed by atoms with Crippen molar-refractivity contribution in [2.75, 3.05) is 27.7 Å². The first-order chi connectivity index (χ1) is 11.5. The molecule has 1 atom stereocenters. The monoisotopic (exact) mass is 327 g/mol. The Bertz CT molecular complexity index is 772. The molecule has 1 N–H and O–H groups in total. The summed E-state index contributed by atoms with van der Waals surface area (Å²) in [6.45, 7) is 0.568. The summed E-state index contributed by atoms with van der Waals surface area (Å²) >= 11 is 0. The summed E-state index contributed by atoms with van der Waals surface area (Å²) in [5.41, 5.74) is 1.16. The molecule has 5 heteroatoms. The summed E-state index contributed by atoms with van der Waals surface area (Å²) in [5.74, 6) is 0.183. The Hall–Kier alpha value is -2.37. The lowest BCUT2D eigenvalue weighted by molar-refractivity contribution is 0.0504. The second kappa shape index (κ2) is 6.26. The molecule has 2 aromatic rings. The molecule has 0 radical (unpaired) electrons. The van der Waals surface area contributed by atoms with E-state index in [0.29, 0.717) is 34.5 Å². The van der Waals surface area contributed by atoms with Gasteiger partial charge in [-0.25, -0.2) is 4.79 Å². The molecule has 0 saturated heterocycles. The minimum absolute atomic E-state index is 0.202. The number of para-hydroxylation sites is 1. The van der Waals surface area contributed by atoms with Gasteiger partial charge < -0.3 is 19.5 Å². The van der Waals surface area contributed by atoms with E-state index in [1.165, 1.54) is 7.11 Å². The van der Waals surface area contributed by atoms with Crippen LogP contribution in [0, 0.1) is 0 Å². The zero-order valence-corrected chi connectivity index (χ0v) is 14.1. The maximum absolute atomic E-state index is 12.1. The molecule has 2 aromatic carbocycles. The van der Waals surface area contributed by atoms with Crippen LogP contribution in [-0.4, -0.2) is 43.7 Å². The minimum Gasteiger partial charge on any atom is -0.488 e. The average Bonchev–Trinajstić information content (AvgIpc) is 2.69. The summed E-state index contributed by atoms with van der Waals surface area (Å²) in [6, 6.07) is 12.7. The van der Waals surface area contributed by atoms with Crippen LogP contribution in [0.1, 0.15) is 27.0 Å². The topological polar surface area (TPSA) is 59.0 Å². The van der Waals surface area contributed by atoms with Crippen molar-refractivity contribution < 1.29 is 19.4 Å². The summed E-state index contributed by atoms with van der Waals surface area (Å²) < 4.78 is 10.8. The molecule has 24 heavy (non-hydrogen) atoms. The molecule has 0 fully saturated rings. The molecule has 5 nitrogen and oxygen atoms in total. The number of likely N-dealkylation sites (N-methyl/N-ethyl adjacent to an activating group) is 1. The number of nitrogens with zero attached hydrogens (tertiary/aromatic N) is 1. The Kier molecular flexibility index (Phi) is 4.30. The number of aliphatic hydroxyl groups is 1. The third-order valence-corrected chi connectivity index (χ3v) is 4.28. The van der Waals surface area contributed by atoms with E-state index in [1.807, 2.05) is 49.3 Å². The quantitative estimate of drug-likeness (QED) is 0.876. The molecule has 0 amide bonds. The highest BCUT2D eigenvalue weighted by Gasteiger charge is 2.40. The Morgan fingerprint density at radius 1 is 1.21 bits per heavy atom. The molecule has 1 unspecified atom stereocenters. The van der Waals surface area contributed by atoms with E-state index in [-0.39, 0.29) is 6.61 Å². The number of methoxy groups -OCH3 is 1. The fourth-order valence-electron chi connectivity index (χ4n) is 3.29. The van der Waals surface area contributed by atoms with Crippen LogP contribution >= 0.6 is 0 Å². The maximum Gasteiger partial charge on any atom is 0.338 e. The van der Waals surface area contributed by atoms with E-state index in [4.69, 9.17) is 9.47 Å². The zero-order chi connectivity index (χ0) is 17.3. The largest absolute Gasteiger partial charge is 0.488 e. The van der Waals surface area contributed by atoms with Crippen LogP contribution in [0.5, 0.6) is 5.75 Å². The van der Waals surface area contributed by atoms with Crippen LogP contribution in [0.15, 0.2) is 42.5 Å². The smallest absolute Gasteiger partial charge is 0.338 e. The van der Waals surface area contributed by atoms with E-state index >= 15 is 0 Å². The highest BCUT2D eigenvalue weighted by molar-refractivity contribution is 5.91. The highest BCUT2D eigenvalue weighted by atomic mass is 16.5. The molecule has 1 heterocycles. The third kappa shape index (κ3) is 2.66. The normalized spacial score (nSPS) is 19.0. The van der Waals surface area contributed by atoms with E-state index in [1.54, 1.807) is 12.1 Å². The van der Waals surface area contributed by atoms with Crippen molar-refractivity contribution in [1.29, 1.82) is 0 Å². The zero-order valence-electron chi connectivity index (χ0n) is 14.1. The SMILES string of the molecule is COC(=O)c1cccc2c1COc1ccccc1C2(O)CN(C)C. The van der Waals surface area contributed by atoms with Gasteiger partial charge in [0.05, 0.1) is 12.7 Å². The Morgan fingerprint density at radius 3 is 2.62 bits per heavy atom. The standard InChI is InChI=1S/C19H21NO4/c1-20(2)12-19(22)15-9-6-7-13(18(21)23-3)14(15)11-24-17-10-5-4-8-16(17)19/h4-10,22H,11-12H2,1-3H3. The number of ether oxygens (including phenoxy) is 2. The highest BCUT2D eigenvalue weighted by Crippen LogP contribution is 2.41. The van der Waals surface area contributed by atoms with Gasteiger partial charge in [-0.1, -0.05) is 30.3 Å². The summed E-state index contributed by atoms with van der Waals surface area (Å²) in [7, 11) is 5.15. The molecule has 0 saturated carbocycles. The fraction of sp³-hybridized carbons (Fsp3) is 0.316. The van der Waals surface area contributed by atoms with Gasteiger partial charge in [-0.05, 0) is 31.8 Å². The predicted octanol–water partition coefficient (Wildman–Crippen LogP) is 2.16. The van der Waals surface area contributed by atoms with E-state index < -0.39 is 11.6 Å². The Morgan fingerprint density at radius 2 is 1.92 bits per heavy atom. The van der Waals surface area contributed by atoms with Gasteiger partial charge in [0.15, 0.2) is 0 Å². The van der Waals surface area contributed by atoms with Gasteiger partial charge in [0.1, 0.15) is 18.0 Å². The third-order valence-electron chi connectivity index (χ3n) is 4.28. The van der Waals surface area contributed by atoms with Gasteiger partial charge >= 0.3 is 5.97 Å². The van der Waals surface area contributed by atoms with E-state index in [0.717, 1.165) is 0 Å². The minimum atomic E-state index is -1.28.